The predicted octanol–water partition coefficient (Wildman–Crippen LogP) is 3.69. The van der Waals surface area contributed by atoms with Crippen LogP contribution >= 0.6 is 0 Å². The summed E-state index contributed by atoms with van der Waals surface area (Å²) in [4.78, 5) is 12.2. The molecule has 1 aromatic heterocycles. The van der Waals surface area contributed by atoms with Crippen molar-refractivity contribution in [1.29, 1.82) is 0 Å². The van der Waals surface area contributed by atoms with E-state index in [0.29, 0.717) is 5.56 Å². The molecule has 0 bridgehead atoms. The predicted molar refractivity (Wildman–Crippen MR) is 83.5 cm³/mol. The highest BCUT2D eigenvalue weighted by Gasteiger charge is 2.48. The fraction of sp³-hybridized carbons (Fsp3) is 0.0625. The number of halogens is 3. The van der Waals surface area contributed by atoms with Crippen molar-refractivity contribution in [3.05, 3.63) is 64.8 Å². The van der Waals surface area contributed by atoms with E-state index in [1.54, 1.807) is 30.3 Å². The van der Waals surface area contributed by atoms with Crippen LogP contribution in [0.2, 0.25) is 0 Å². The minimum atomic E-state index is -5.82. The highest BCUT2D eigenvalue weighted by atomic mass is 32.2. The van der Waals surface area contributed by atoms with Gasteiger partial charge in [0.25, 0.3) is 0 Å². The van der Waals surface area contributed by atoms with Gasteiger partial charge in [0, 0.05) is 11.6 Å². The number of benzene rings is 2. The molecule has 9 heteroatoms. The molecule has 0 amide bonds. The molecule has 2 aromatic carbocycles. The summed E-state index contributed by atoms with van der Waals surface area (Å²) in [6, 6.07) is 12.9. The van der Waals surface area contributed by atoms with Crippen LogP contribution in [0.4, 0.5) is 13.2 Å². The summed E-state index contributed by atoms with van der Waals surface area (Å²) < 4.78 is 68.7. The summed E-state index contributed by atoms with van der Waals surface area (Å²) in [5, 5.41) is -0.102. The minimum Gasteiger partial charge on any atom is -0.456 e. The molecule has 0 saturated heterocycles. The first kappa shape index (κ1) is 17.0. The van der Waals surface area contributed by atoms with Crippen molar-refractivity contribution in [3.63, 3.8) is 0 Å². The molecular weight excluding hydrogens is 361 g/mol. The molecular formula is C16H9F3O5S. The monoisotopic (exact) mass is 370 g/mol. The number of hydrogen-bond acceptors (Lipinski definition) is 5. The van der Waals surface area contributed by atoms with E-state index in [2.05, 4.69) is 4.18 Å². The van der Waals surface area contributed by atoms with Crippen LogP contribution in [0.5, 0.6) is 5.75 Å². The highest BCUT2D eigenvalue weighted by Crippen LogP contribution is 2.29. The smallest absolute Gasteiger partial charge is 0.456 e. The maximum absolute atomic E-state index is 12.4. The third kappa shape index (κ3) is 3.36. The summed E-state index contributed by atoms with van der Waals surface area (Å²) in [5.41, 5.74) is -5.39. The summed E-state index contributed by atoms with van der Waals surface area (Å²) >= 11 is 0. The molecule has 0 spiro atoms. The topological polar surface area (TPSA) is 73.6 Å². The van der Waals surface area contributed by atoms with Gasteiger partial charge < -0.3 is 8.60 Å². The van der Waals surface area contributed by atoms with E-state index in [4.69, 9.17) is 4.42 Å². The van der Waals surface area contributed by atoms with Crippen molar-refractivity contribution in [2.24, 2.45) is 0 Å². The van der Waals surface area contributed by atoms with Crippen LogP contribution in [0.25, 0.3) is 22.3 Å². The van der Waals surface area contributed by atoms with Crippen LogP contribution in [0.1, 0.15) is 0 Å². The van der Waals surface area contributed by atoms with Crippen molar-refractivity contribution < 1.29 is 30.2 Å². The lowest BCUT2D eigenvalue weighted by Gasteiger charge is -2.10. The quantitative estimate of drug-likeness (QED) is 0.519. The zero-order valence-corrected chi connectivity index (χ0v) is 13.1. The largest absolute Gasteiger partial charge is 0.534 e. The maximum atomic E-state index is 12.4. The molecule has 25 heavy (non-hydrogen) atoms. The number of rotatable bonds is 3. The maximum Gasteiger partial charge on any atom is 0.534 e. The Balaban J connectivity index is 2.06. The van der Waals surface area contributed by atoms with Gasteiger partial charge in [0.15, 0.2) is 5.43 Å². The van der Waals surface area contributed by atoms with Crippen LogP contribution in [0.3, 0.4) is 0 Å². The number of hydrogen-bond donors (Lipinski definition) is 0. The summed E-state index contributed by atoms with van der Waals surface area (Å²) in [6.07, 6.45) is 0. The van der Waals surface area contributed by atoms with E-state index >= 15 is 0 Å². The van der Waals surface area contributed by atoms with Gasteiger partial charge in [0.2, 0.25) is 0 Å². The molecule has 0 unspecified atom stereocenters. The van der Waals surface area contributed by atoms with Gasteiger partial charge in [-0.25, -0.2) is 0 Å². The summed E-state index contributed by atoms with van der Waals surface area (Å²) in [6.45, 7) is 0. The third-order valence-electron chi connectivity index (χ3n) is 3.25. The average molecular weight is 370 g/mol. The number of fused-ring (bicyclic) bond motifs is 1. The second-order valence-electron chi connectivity index (χ2n) is 4.98. The Hall–Kier alpha value is -2.81. The van der Waals surface area contributed by atoms with Crippen molar-refractivity contribution in [2.45, 2.75) is 5.51 Å². The molecule has 5 nitrogen and oxygen atoms in total. The average Bonchev–Trinajstić information content (AvgIpc) is 2.55. The van der Waals surface area contributed by atoms with Gasteiger partial charge in [0.1, 0.15) is 17.1 Å². The lowest BCUT2D eigenvalue weighted by molar-refractivity contribution is -0.0500. The Kier molecular flexibility index (Phi) is 4.03. The second-order valence-corrected chi connectivity index (χ2v) is 6.52. The Morgan fingerprint density at radius 2 is 1.64 bits per heavy atom. The van der Waals surface area contributed by atoms with Crippen LogP contribution in [-0.4, -0.2) is 13.9 Å². The molecule has 3 rings (SSSR count). The van der Waals surface area contributed by atoms with E-state index in [1.165, 1.54) is 12.1 Å². The van der Waals surface area contributed by atoms with Gasteiger partial charge in [-0.3, -0.25) is 4.79 Å². The van der Waals surface area contributed by atoms with Crippen LogP contribution in [0.15, 0.2) is 63.8 Å². The van der Waals surface area contributed by atoms with E-state index in [1.807, 2.05) is 0 Å². The molecule has 1 heterocycles. The molecule has 0 radical (unpaired) electrons. The van der Waals surface area contributed by atoms with Crippen LogP contribution in [0, 0.1) is 0 Å². The van der Waals surface area contributed by atoms with E-state index < -0.39 is 26.8 Å². The zero-order valence-electron chi connectivity index (χ0n) is 12.3. The summed E-state index contributed by atoms with van der Waals surface area (Å²) in [7, 11) is -5.82. The lowest BCUT2D eigenvalue weighted by atomic mass is 10.1. The zero-order chi connectivity index (χ0) is 18.2. The van der Waals surface area contributed by atoms with Crippen molar-refractivity contribution >= 4 is 21.1 Å². The van der Waals surface area contributed by atoms with Crippen LogP contribution < -0.4 is 9.61 Å². The van der Waals surface area contributed by atoms with Gasteiger partial charge in [-0.2, -0.15) is 21.6 Å². The van der Waals surface area contributed by atoms with Gasteiger partial charge >= 0.3 is 15.6 Å². The Labute approximate surface area is 139 Å². The van der Waals surface area contributed by atoms with Crippen molar-refractivity contribution in [2.75, 3.05) is 0 Å². The SMILES string of the molecule is O=c1cc(-c2ccccc2)oc2ccc(OS(=O)(=O)C(F)(F)F)cc12. The van der Waals surface area contributed by atoms with Crippen molar-refractivity contribution in [1.82, 2.24) is 0 Å². The first-order valence-electron chi connectivity index (χ1n) is 6.81. The normalized spacial score (nSPS) is 12.3. The van der Waals surface area contributed by atoms with Gasteiger partial charge in [-0.1, -0.05) is 30.3 Å². The van der Waals surface area contributed by atoms with Gasteiger partial charge in [-0.05, 0) is 18.2 Å². The second kappa shape index (κ2) is 5.92. The van der Waals surface area contributed by atoms with E-state index in [9.17, 15) is 26.4 Å². The third-order valence-corrected chi connectivity index (χ3v) is 4.23. The van der Waals surface area contributed by atoms with Gasteiger partial charge in [-0.15, -0.1) is 0 Å². The highest BCUT2D eigenvalue weighted by molar-refractivity contribution is 7.88. The molecule has 0 aliphatic heterocycles. The minimum absolute atomic E-state index is 0.0862. The Morgan fingerprint density at radius 3 is 2.28 bits per heavy atom. The molecule has 0 atom stereocenters. The molecule has 0 aliphatic carbocycles. The van der Waals surface area contributed by atoms with E-state index in [0.717, 1.165) is 12.1 Å². The van der Waals surface area contributed by atoms with Crippen LogP contribution in [-0.2, 0) is 10.1 Å². The Bertz CT molecular complexity index is 1090. The Morgan fingerprint density at radius 1 is 0.960 bits per heavy atom. The van der Waals surface area contributed by atoms with E-state index in [-0.39, 0.29) is 16.7 Å². The fourth-order valence-corrected chi connectivity index (χ4v) is 2.56. The molecule has 0 saturated carbocycles. The van der Waals surface area contributed by atoms with Gasteiger partial charge in [0.05, 0.1) is 5.39 Å². The lowest BCUT2D eigenvalue weighted by Crippen LogP contribution is -2.28. The fourth-order valence-electron chi connectivity index (χ4n) is 2.11. The summed E-state index contributed by atoms with van der Waals surface area (Å²) in [5.74, 6) is -0.362. The van der Waals surface area contributed by atoms with Crippen molar-refractivity contribution in [3.8, 4) is 17.1 Å². The molecule has 130 valence electrons. The first-order valence-corrected chi connectivity index (χ1v) is 8.22. The standard InChI is InChI=1S/C16H9F3O5S/c17-16(18,19)25(21,22)24-11-6-7-14-12(8-11)13(20)9-15(23-14)10-4-2-1-3-5-10/h1-9H. The number of alkyl halides is 3. The molecule has 0 N–H and O–H groups in total. The molecule has 0 aliphatic rings. The first-order chi connectivity index (χ1) is 11.7. The molecule has 3 aromatic rings. The molecule has 0 fully saturated rings.